The van der Waals surface area contributed by atoms with Crippen LogP contribution in [0.5, 0.6) is 0 Å². The number of benzene rings is 1. The smallest absolute Gasteiger partial charge is 0.244 e. The average molecular weight is 292 g/mol. The van der Waals surface area contributed by atoms with E-state index in [1.807, 2.05) is 7.05 Å². The molecule has 114 valence electrons. The van der Waals surface area contributed by atoms with Crippen molar-refractivity contribution in [1.82, 2.24) is 4.90 Å². The Morgan fingerprint density at radius 2 is 2.19 bits per heavy atom. The summed E-state index contributed by atoms with van der Waals surface area (Å²) >= 11 is 0. The van der Waals surface area contributed by atoms with Crippen LogP contribution in [0.1, 0.15) is 19.3 Å². The number of nitrogens with zero attached hydrogens (tertiary/aromatic N) is 2. The zero-order chi connectivity index (χ0) is 14.8. The third-order valence-corrected chi connectivity index (χ3v) is 4.37. The van der Waals surface area contributed by atoms with Crippen LogP contribution in [0.3, 0.4) is 0 Å². The minimum absolute atomic E-state index is 0.0133. The number of anilines is 1. The minimum Gasteiger partial charge on any atom is -0.377 e. The second-order valence-electron chi connectivity index (χ2n) is 5.82. The molecule has 0 saturated carbocycles. The van der Waals surface area contributed by atoms with Crippen LogP contribution >= 0.6 is 0 Å². The van der Waals surface area contributed by atoms with Gasteiger partial charge in [-0.3, -0.25) is 9.69 Å². The van der Waals surface area contributed by atoms with Crippen molar-refractivity contribution in [2.45, 2.75) is 31.4 Å². The van der Waals surface area contributed by atoms with Crippen molar-refractivity contribution in [1.29, 1.82) is 0 Å². The van der Waals surface area contributed by atoms with Crippen LogP contribution in [0.4, 0.5) is 10.1 Å². The van der Waals surface area contributed by atoms with Crippen molar-refractivity contribution in [3.05, 3.63) is 30.1 Å². The average Bonchev–Trinajstić information content (AvgIpc) is 3.09. The Morgan fingerprint density at radius 1 is 1.38 bits per heavy atom. The van der Waals surface area contributed by atoms with Crippen LogP contribution in [0.2, 0.25) is 0 Å². The summed E-state index contributed by atoms with van der Waals surface area (Å²) in [6.07, 6.45) is 3.11. The third kappa shape index (κ3) is 2.94. The van der Waals surface area contributed by atoms with E-state index in [1.54, 1.807) is 23.1 Å². The monoisotopic (exact) mass is 292 g/mol. The molecule has 4 nitrogen and oxygen atoms in total. The number of ether oxygens (including phenoxy) is 1. The topological polar surface area (TPSA) is 32.8 Å². The normalized spacial score (nSPS) is 26.0. The van der Waals surface area contributed by atoms with E-state index in [9.17, 15) is 9.18 Å². The van der Waals surface area contributed by atoms with Crippen molar-refractivity contribution >= 4 is 11.6 Å². The van der Waals surface area contributed by atoms with Crippen LogP contribution in [-0.4, -0.2) is 49.7 Å². The zero-order valence-electron chi connectivity index (χ0n) is 12.3. The molecule has 5 heteroatoms. The molecule has 1 amide bonds. The predicted octanol–water partition coefficient (Wildman–Crippen LogP) is 2.04. The van der Waals surface area contributed by atoms with E-state index in [1.165, 1.54) is 6.07 Å². The number of rotatable bonds is 4. The van der Waals surface area contributed by atoms with Crippen molar-refractivity contribution in [2.24, 2.45) is 0 Å². The van der Waals surface area contributed by atoms with Gasteiger partial charge in [0.1, 0.15) is 5.82 Å². The Labute approximate surface area is 124 Å². The molecule has 1 aromatic carbocycles. The van der Waals surface area contributed by atoms with E-state index in [2.05, 4.69) is 4.90 Å². The van der Waals surface area contributed by atoms with Gasteiger partial charge in [-0.2, -0.15) is 0 Å². The number of hydrogen-bond acceptors (Lipinski definition) is 3. The molecule has 2 aliphatic rings. The van der Waals surface area contributed by atoms with Gasteiger partial charge in [0.05, 0.1) is 17.8 Å². The molecule has 0 bridgehead atoms. The summed E-state index contributed by atoms with van der Waals surface area (Å²) in [4.78, 5) is 16.2. The summed E-state index contributed by atoms with van der Waals surface area (Å²) in [7, 11) is 1.95. The van der Waals surface area contributed by atoms with Gasteiger partial charge in [0.25, 0.3) is 0 Å². The van der Waals surface area contributed by atoms with E-state index >= 15 is 0 Å². The highest BCUT2D eigenvalue weighted by molar-refractivity contribution is 5.99. The molecule has 0 radical (unpaired) electrons. The fraction of sp³-hybridized carbons (Fsp3) is 0.562. The number of carbonyl (C=O) groups excluding carboxylic acids is 1. The Balaban J connectivity index is 1.67. The zero-order valence-corrected chi connectivity index (χ0v) is 12.3. The Bertz CT molecular complexity index is 517. The molecule has 21 heavy (non-hydrogen) atoms. The van der Waals surface area contributed by atoms with E-state index < -0.39 is 0 Å². The summed E-state index contributed by atoms with van der Waals surface area (Å²) in [5, 5.41) is 0. The number of para-hydroxylation sites is 1. The number of likely N-dealkylation sites (N-methyl/N-ethyl adjacent to an activating group) is 1. The minimum atomic E-state index is -0.340. The Morgan fingerprint density at radius 3 is 2.90 bits per heavy atom. The first-order valence-electron chi connectivity index (χ1n) is 7.54. The third-order valence-electron chi connectivity index (χ3n) is 4.37. The van der Waals surface area contributed by atoms with Gasteiger partial charge in [-0.1, -0.05) is 12.1 Å². The molecular weight excluding hydrogens is 271 g/mol. The number of hydrogen-bond donors (Lipinski definition) is 0. The van der Waals surface area contributed by atoms with Gasteiger partial charge in [-0.05, 0) is 38.4 Å². The maximum atomic E-state index is 13.8. The SMILES string of the molecule is CN(C[C@@H]1CCCO1)[C@@H]1CCN(c2ccccc2F)C1=O. The van der Waals surface area contributed by atoms with Gasteiger partial charge < -0.3 is 9.64 Å². The maximum Gasteiger partial charge on any atom is 0.244 e. The first-order valence-corrected chi connectivity index (χ1v) is 7.54. The highest BCUT2D eigenvalue weighted by Crippen LogP contribution is 2.26. The molecule has 0 aliphatic carbocycles. The number of carbonyl (C=O) groups is 1. The van der Waals surface area contributed by atoms with Crippen LogP contribution in [-0.2, 0) is 9.53 Å². The lowest BCUT2D eigenvalue weighted by Gasteiger charge is -2.26. The van der Waals surface area contributed by atoms with Gasteiger partial charge in [-0.15, -0.1) is 0 Å². The van der Waals surface area contributed by atoms with E-state index in [-0.39, 0.29) is 23.9 Å². The number of halogens is 1. The summed E-state index contributed by atoms with van der Waals surface area (Å²) in [6, 6.07) is 6.28. The van der Waals surface area contributed by atoms with Crippen molar-refractivity contribution in [3.8, 4) is 0 Å². The second kappa shape index (κ2) is 6.12. The highest BCUT2D eigenvalue weighted by Gasteiger charge is 2.37. The quantitative estimate of drug-likeness (QED) is 0.851. The Hall–Kier alpha value is -1.46. The lowest BCUT2D eigenvalue weighted by atomic mass is 10.2. The molecule has 0 N–H and O–H groups in total. The molecule has 2 aliphatic heterocycles. The second-order valence-corrected chi connectivity index (χ2v) is 5.82. The van der Waals surface area contributed by atoms with Crippen LogP contribution in [0.25, 0.3) is 0 Å². The van der Waals surface area contributed by atoms with E-state index in [4.69, 9.17) is 4.74 Å². The maximum absolute atomic E-state index is 13.8. The molecule has 3 rings (SSSR count). The molecule has 0 unspecified atom stereocenters. The first kappa shape index (κ1) is 14.5. The largest absolute Gasteiger partial charge is 0.377 e. The summed E-state index contributed by atoms with van der Waals surface area (Å²) < 4.78 is 19.5. The fourth-order valence-electron chi connectivity index (χ4n) is 3.22. The van der Waals surface area contributed by atoms with Crippen molar-refractivity contribution in [2.75, 3.05) is 31.6 Å². The molecule has 0 aromatic heterocycles. The van der Waals surface area contributed by atoms with E-state index in [0.29, 0.717) is 12.2 Å². The summed E-state index contributed by atoms with van der Waals surface area (Å²) in [5.41, 5.74) is 0.385. The molecule has 0 spiro atoms. The van der Waals surface area contributed by atoms with Crippen molar-refractivity contribution in [3.63, 3.8) is 0 Å². The lowest BCUT2D eigenvalue weighted by molar-refractivity contribution is -0.121. The summed E-state index contributed by atoms with van der Waals surface area (Å²) in [5.74, 6) is -0.353. The predicted molar refractivity (Wildman–Crippen MR) is 78.8 cm³/mol. The number of amides is 1. The van der Waals surface area contributed by atoms with Crippen molar-refractivity contribution < 1.29 is 13.9 Å². The summed E-state index contributed by atoms with van der Waals surface area (Å²) in [6.45, 7) is 2.15. The van der Waals surface area contributed by atoms with Crippen LogP contribution in [0.15, 0.2) is 24.3 Å². The molecule has 2 saturated heterocycles. The lowest BCUT2D eigenvalue weighted by Crippen LogP contribution is -2.43. The van der Waals surface area contributed by atoms with Crippen LogP contribution < -0.4 is 4.90 Å². The highest BCUT2D eigenvalue weighted by atomic mass is 19.1. The first-order chi connectivity index (χ1) is 10.2. The Kier molecular flexibility index (Phi) is 4.22. The van der Waals surface area contributed by atoms with Gasteiger partial charge in [-0.25, -0.2) is 4.39 Å². The van der Waals surface area contributed by atoms with Gasteiger partial charge >= 0.3 is 0 Å². The standard InChI is InChI=1S/C16H21FN2O2/c1-18(11-12-5-4-10-21-12)15-8-9-19(16(15)20)14-7-3-2-6-13(14)17/h2-3,6-7,12,15H,4-5,8-11H2,1H3/t12-,15+/m0/s1. The molecule has 1 aromatic rings. The van der Waals surface area contributed by atoms with Gasteiger partial charge in [0.15, 0.2) is 0 Å². The van der Waals surface area contributed by atoms with Gasteiger partial charge in [0.2, 0.25) is 5.91 Å². The molecule has 2 fully saturated rings. The molecule has 2 heterocycles. The van der Waals surface area contributed by atoms with Crippen LogP contribution in [0, 0.1) is 5.82 Å². The molecular formula is C16H21FN2O2. The fourth-order valence-corrected chi connectivity index (χ4v) is 3.22. The van der Waals surface area contributed by atoms with E-state index in [0.717, 1.165) is 32.4 Å². The van der Waals surface area contributed by atoms with Gasteiger partial charge in [0, 0.05) is 19.7 Å². The molecule has 2 atom stereocenters.